The molecule has 4 heteroatoms. The van der Waals surface area contributed by atoms with Crippen molar-refractivity contribution >= 4 is 29.3 Å². The number of unbranched alkanes of at least 4 members (excludes halogenated alkanes) is 1. The average molecular weight is 324 g/mol. The molecule has 1 amide bonds. The highest BCUT2D eigenvalue weighted by Crippen LogP contribution is 2.24. The highest BCUT2D eigenvalue weighted by molar-refractivity contribution is 6.32. The van der Waals surface area contributed by atoms with E-state index in [0.717, 1.165) is 24.1 Å². The quantitative estimate of drug-likeness (QED) is 0.369. The molecule has 1 unspecified atom stereocenters. The first-order valence-electron chi connectivity index (χ1n) is 7.90. The maximum atomic E-state index is 12.6. The molecule has 0 N–H and O–H groups in total. The number of allylic oxidation sites excluding steroid dienone is 1. The molecule has 0 saturated carbocycles. The topological polar surface area (TPSA) is 29.5 Å². The van der Waals surface area contributed by atoms with Crippen LogP contribution in [0.15, 0.2) is 30.3 Å². The van der Waals surface area contributed by atoms with E-state index in [1.165, 1.54) is 0 Å². The van der Waals surface area contributed by atoms with Crippen LogP contribution in [0.25, 0.3) is 6.08 Å². The van der Waals surface area contributed by atoms with Crippen molar-refractivity contribution in [1.82, 2.24) is 0 Å². The van der Waals surface area contributed by atoms with Gasteiger partial charge in [0, 0.05) is 6.61 Å². The van der Waals surface area contributed by atoms with Gasteiger partial charge in [-0.05, 0) is 31.4 Å². The van der Waals surface area contributed by atoms with Crippen LogP contribution < -0.4 is 4.90 Å². The number of ether oxygens (including phenoxy) is 1. The van der Waals surface area contributed by atoms with Gasteiger partial charge in [-0.15, -0.1) is 11.6 Å². The van der Waals surface area contributed by atoms with Crippen LogP contribution in [-0.2, 0) is 9.53 Å². The minimum atomic E-state index is -0.534. The fourth-order valence-corrected chi connectivity index (χ4v) is 2.17. The summed E-state index contributed by atoms with van der Waals surface area (Å²) in [6.07, 6.45) is 6.58. The van der Waals surface area contributed by atoms with Gasteiger partial charge in [0.25, 0.3) is 0 Å². The van der Waals surface area contributed by atoms with Crippen molar-refractivity contribution in [2.24, 2.45) is 0 Å². The van der Waals surface area contributed by atoms with Crippen LogP contribution >= 0.6 is 11.6 Å². The fraction of sp³-hybridized carbons (Fsp3) is 0.500. The maximum absolute atomic E-state index is 12.6. The Balaban J connectivity index is 3.00. The number of rotatable bonds is 9. The summed E-state index contributed by atoms with van der Waals surface area (Å²) >= 11 is 6.17. The van der Waals surface area contributed by atoms with Gasteiger partial charge in [0.05, 0.1) is 5.69 Å². The predicted octanol–water partition coefficient (Wildman–Crippen LogP) is 4.84. The van der Waals surface area contributed by atoms with Crippen molar-refractivity contribution in [3.05, 3.63) is 35.9 Å². The molecule has 0 aromatic heterocycles. The molecule has 0 radical (unpaired) electrons. The molecule has 3 nitrogen and oxygen atoms in total. The number of anilines is 1. The number of carbonyl (C=O) groups is 1. The zero-order chi connectivity index (χ0) is 16.4. The highest BCUT2D eigenvalue weighted by atomic mass is 35.5. The van der Waals surface area contributed by atoms with Crippen molar-refractivity contribution in [2.75, 3.05) is 18.2 Å². The SMILES string of the molecule is CC=Cc1ccccc1N(COCCCC)C(=O)C(Cl)CC. The molecule has 0 heterocycles. The van der Waals surface area contributed by atoms with Gasteiger partial charge in [-0.25, -0.2) is 0 Å². The Morgan fingerprint density at radius 3 is 2.73 bits per heavy atom. The summed E-state index contributed by atoms with van der Waals surface area (Å²) in [4.78, 5) is 14.2. The summed E-state index contributed by atoms with van der Waals surface area (Å²) in [7, 11) is 0. The molecule has 22 heavy (non-hydrogen) atoms. The molecule has 122 valence electrons. The van der Waals surface area contributed by atoms with Gasteiger partial charge in [-0.1, -0.05) is 50.6 Å². The number of benzene rings is 1. The molecule has 1 rings (SSSR count). The Labute approximate surface area is 138 Å². The minimum Gasteiger partial charge on any atom is -0.361 e. The van der Waals surface area contributed by atoms with E-state index in [9.17, 15) is 4.79 Å². The van der Waals surface area contributed by atoms with E-state index in [2.05, 4.69) is 6.92 Å². The second kappa shape index (κ2) is 10.4. The van der Waals surface area contributed by atoms with Crippen LogP contribution in [0.2, 0.25) is 0 Å². The van der Waals surface area contributed by atoms with Crippen molar-refractivity contribution in [1.29, 1.82) is 0 Å². The summed E-state index contributed by atoms with van der Waals surface area (Å²) in [6.45, 7) is 6.85. The smallest absolute Gasteiger partial charge is 0.246 e. The molecular weight excluding hydrogens is 298 g/mol. The Morgan fingerprint density at radius 2 is 2.09 bits per heavy atom. The zero-order valence-electron chi connectivity index (χ0n) is 13.7. The first-order chi connectivity index (χ1) is 10.7. The van der Waals surface area contributed by atoms with Crippen molar-refractivity contribution in [2.45, 2.75) is 45.4 Å². The van der Waals surface area contributed by atoms with Gasteiger partial charge >= 0.3 is 0 Å². The second-order valence-electron chi connectivity index (χ2n) is 5.09. The summed E-state index contributed by atoms with van der Waals surface area (Å²) < 4.78 is 5.66. The largest absolute Gasteiger partial charge is 0.361 e. The standard InChI is InChI=1S/C18H26ClNO2/c1-4-7-13-22-14-20(18(21)16(19)6-3)17-12-9-8-11-15(17)10-5-2/h5,8-12,16H,4,6-7,13-14H2,1-3H3. The van der Waals surface area contributed by atoms with E-state index < -0.39 is 5.38 Å². The predicted molar refractivity (Wildman–Crippen MR) is 94.3 cm³/mol. The van der Waals surface area contributed by atoms with Crippen LogP contribution in [-0.4, -0.2) is 24.6 Å². The number of amides is 1. The number of halogens is 1. The molecule has 0 spiro atoms. The highest BCUT2D eigenvalue weighted by Gasteiger charge is 2.23. The van der Waals surface area contributed by atoms with Gasteiger partial charge in [0.15, 0.2) is 0 Å². The second-order valence-corrected chi connectivity index (χ2v) is 5.62. The summed E-state index contributed by atoms with van der Waals surface area (Å²) in [5.41, 5.74) is 1.82. The lowest BCUT2D eigenvalue weighted by molar-refractivity contribution is -0.119. The van der Waals surface area contributed by atoms with Crippen molar-refractivity contribution in [3.8, 4) is 0 Å². The van der Waals surface area contributed by atoms with E-state index in [-0.39, 0.29) is 12.6 Å². The monoisotopic (exact) mass is 323 g/mol. The molecular formula is C18H26ClNO2. The summed E-state index contributed by atoms with van der Waals surface area (Å²) in [5, 5.41) is -0.534. The number of nitrogens with zero attached hydrogens (tertiary/aromatic N) is 1. The van der Waals surface area contributed by atoms with Gasteiger partial charge in [0.1, 0.15) is 12.1 Å². The molecule has 0 aliphatic heterocycles. The third kappa shape index (κ3) is 5.47. The lowest BCUT2D eigenvalue weighted by Gasteiger charge is -2.26. The normalized spacial score (nSPS) is 12.5. The van der Waals surface area contributed by atoms with Crippen LogP contribution in [0.4, 0.5) is 5.69 Å². The van der Waals surface area contributed by atoms with Crippen LogP contribution in [0.1, 0.15) is 45.6 Å². The van der Waals surface area contributed by atoms with Crippen molar-refractivity contribution < 1.29 is 9.53 Å². The molecule has 1 aromatic carbocycles. The number of hydrogen-bond donors (Lipinski definition) is 0. The van der Waals surface area contributed by atoms with Crippen LogP contribution in [0.5, 0.6) is 0 Å². The third-order valence-corrected chi connectivity index (χ3v) is 3.82. The molecule has 0 fully saturated rings. The molecule has 1 atom stereocenters. The van der Waals surface area contributed by atoms with E-state index >= 15 is 0 Å². The Bertz CT molecular complexity index is 488. The van der Waals surface area contributed by atoms with E-state index in [1.807, 2.05) is 50.3 Å². The molecule has 0 saturated heterocycles. The Hall–Kier alpha value is -1.32. The number of alkyl halides is 1. The minimum absolute atomic E-state index is 0.113. The first kappa shape index (κ1) is 18.7. The van der Waals surface area contributed by atoms with Crippen LogP contribution in [0, 0.1) is 0 Å². The van der Waals surface area contributed by atoms with Crippen molar-refractivity contribution in [3.63, 3.8) is 0 Å². The van der Waals surface area contributed by atoms with Gasteiger partial charge in [-0.3, -0.25) is 9.69 Å². The van der Waals surface area contributed by atoms with Gasteiger partial charge in [-0.2, -0.15) is 0 Å². The Kier molecular flexibility index (Phi) is 8.86. The summed E-state index contributed by atoms with van der Waals surface area (Å²) in [6, 6.07) is 7.79. The molecule has 0 bridgehead atoms. The zero-order valence-corrected chi connectivity index (χ0v) is 14.5. The lowest BCUT2D eigenvalue weighted by atomic mass is 10.1. The van der Waals surface area contributed by atoms with E-state index in [1.54, 1.807) is 4.90 Å². The number of para-hydroxylation sites is 1. The average Bonchev–Trinajstić information content (AvgIpc) is 2.55. The third-order valence-electron chi connectivity index (χ3n) is 3.33. The fourth-order valence-electron chi connectivity index (χ4n) is 2.05. The van der Waals surface area contributed by atoms with Crippen LogP contribution in [0.3, 0.4) is 0 Å². The summed E-state index contributed by atoms with van der Waals surface area (Å²) in [5.74, 6) is -0.113. The first-order valence-corrected chi connectivity index (χ1v) is 8.34. The molecule has 0 aliphatic carbocycles. The Morgan fingerprint density at radius 1 is 1.36 bits per heavy atom. The number of carbonyl (C=O) groups excluding carboxylic acids is 1. The maximum Gasteiger partial charge on any atom is 0.246 e. The van der Waals surface area contributed by atoms with Gasteiger partial charge < -0.3 is 4.74 Å². The number of hydrogen-bond acceptors (Lipinski definition) is 2. The lowest BCUT2D eigenvalue weighted by Crippen LogP contribution is -2.39. The molecule has 0 aliphatic rings. The van der Waals surface area contributed by atoms with E-state index in [4.69, 9.17) is 16.3 Å². The van der Waals surface area contributed by atoms with E-state index in [0.29, 0.717) is 13.0 Å². The molecule has 1 aromatic rings. The van der Waals surface area contributed by atoms with Gasteiger partial charge in [0.2, 0.25) is 5.91 Å².